The fraction of sp³-hybridized carbons (Fsp3) is 0.0556. The summed E-state index contributed by atoms with van der Waals surface area (Å²) in [5.41, 5.74) is 14.2. The van der Waals surface area contributed by atoms with Crippen LogP contribution < -0.4 is 21.9 Å². The van der Waals surface area contributed by atoms with E-state index in [0.717, 1.165) is 14.8 Å². The first-order chi connectivity index (χ1) is 12.5. The molecule has 5 N–H and O–H groups in total. The average molecular weight is 460 g/mol. The molecule has 0 aliphatic rings. The van der Waals surface area contributed by atoms with E-state index in [4.69, 9.17) is 5.73 Å². The number of aromatic nitrogens is 2. The summed E-state index contributed by atoms with van der Waals surface area (Å²) in [6.45, 7) is 1.96. The molecule has 0 unspecified atom stereocenters. The number of nitrogens with one attached hydrogen (secondary N) is 3. The Kier molecular flexibility index (Phi) is 5.52. The number of halogens is 1. The van der Waals surface area contributed by atoms with Gasteiger partial charge >= 0.3 is 0 Å². The summed E-state index contributed by atoms with van der Waals surface area (Å²) in [7, 11) is 0. The molecule has 3 aromatic rings. The number of anilines is 4. The van der Waals surface area contributed by atoms with Crippen molar-refractivity contribution in [3.8, 4) is 0 Å². The summed E-state index contributed by atoms with van der Waals surface area (Å²) in [5.74, 6) is 0.483. The van der Waals surface area contributed by atoms with Crippen LogP contribution in [0.3, 0.4) is 0 Å². The molecule has 132 valence electrons. The molecule has 1 aromatic heterocycles. The van der Waals surface area contributed by atoms with Gasteiger partial charge in [-0.2, -0.15) is 0 Å². The Morgan fingerprint density at radius 1 is 1.00 bits per heavy atom. The minimum Gasteiger partial charge on any atom is -0.393 e. The normalized spacial score (nSPS) is 10.2. The summed E-state index contributed by atoms with van der Waals surface area (Å²) in [4.78, 5) is 20.4. The van der Waals surface area contributed by atoms with Crippen LogP contribution >= 0.6 is 22.6 Å². The first kappa shape index (κ1) is 17.9. The molecule has 8 heteroatoms. The molecule has 0 radical (unpaired) electrons. The molecular formula is C18H17IN6O. The van der Waals surface area contributed by atoms with Gasteiger partial charge in [0, 0.05) is 14.8 Å². The highest BCUT2D eigenvalue weighted by Crippen LogP contribution is 2.25. The number of nitrogens with zero attached hydrogens (tertiary/aromatic N) is 2. The van der Waals surface area contributed by atoms with Crippen molar-refractivity contribution in [3.05, 3.63) is 69.6 Å². The topological polar surface area (TPSA) is 105 Å². The van der Waals surface area contributed by atoms with Crippen LogP contribution in [-0.2, 0) is 0 Å². The van der Waals surface area contributed by atoms with Crippen LogP contribution in [0, 0.1) is 10.5 Å². The first-order valence-corrected chi connectivity index (χ1v) is 8.87. The largest absolute Gasteiger partial charge is 0.393 e. The van der Waals surface area contributed by atoms with E-state index in [1.165, 1.54) is 6.33 Å². The third-order valence-corrected chi connectivity index (χ3v) is 4.32. The molecule has 1 amide bonds. The summed E-state index contributed by atoms with van der Waals surface area (Å²) in [6, 6.07) is 15.0. The Morgan fingerprint density at radius 3 is 2.35 bits per heavy atom. The predicted molar refractivity (Wildman–Crippen MR) is 111 cm³/mol. The van der Waals surface area contributed by atoms with E-state index in [2.05, 4.69) is 48.7 Å². The number of hydrazine groups is 1. The van der Waals surface area contributed by atoms with E-state index in [9.17, 15) is 4.79 Å². The second kappa shape index (κ2) is 8.00. The molecule has 0 saturated heterocycles. The molecular weight excluding hydrogens is 443 g/mol. The Bertz CT molecular complexity index is 912. The maximum absolute atomic E-state index is 12.2. The zero-order chi connectivity index (χ0) is 18.5. The number of rotatable bonds is 5. The van der Waals surface area contributed by atoms with Crippen molar-refractivity contribution in [3.63, 3.8) is 0 Å². The van der Waals surface area contributed by atoms with Crippen molar-refractivity contribution < 1.29 is 4.79 Å². The second-order valence-electron chi connectivity index (χ2n) is 5.56. The number of nitrogen functional groups attached to an aromatic ring is 1. The third-order valence-electron chi connectivity index (χ3n) is 3.60. The van der Waals surface area contributed by atoms with Crippen molar-refractivity contribution in [2.75, 3.05) is 16.5 Å². The highest BCUT2D eigenvalue weighted by Gasteiger charge is 2.10. The Hall–Kier alpha value is -2.88. The number of hydrogen-bond donors (Lipinski definition) is 4. The monoisotopic (exact) mass is 460 g/mol. The fourth-order valence-corrected chi connectivity index (χ4v) is 2.52. The van der Waals surface area contributed by atoms with Crippen LogP contribution in [0.1, 0.15) is 15.9 Å². The average Bonchev–Trinajstić information content (AvgIpc) is 2.64. The van der Waals surface area contributed by atoms with Crippen LogP contribution in [0.4, 0.5) is 23.0 Å². The maximum atomic E-state index is 12.2. The molecule has 26 heavy (non-hydrogen) atoms. The van der Waals surface area contributed by atoms with Gasteiger partial charge in [0.1, 0.15) is 12.0 Å². The summed E-state index contributed by atoms with van der Waals surface area (Å²) in [6.07, 6.45) is 1.37. The van der Waals surface area contributed by atoms with Crippen LogP contribution in [0.5, 0.6) is 0 Å². The minimum atomic E-state index is -0.282. The van der Waals surface area contributed by atoms with Gasteiger partial charge in [0.25, 0.3) is 5.91 Å². The summed E-state index contributed by atoms with van der Waals surface area (Å²) >= 11 is 2.23. The molecule has 2 aromatic carbocycles. The zero-order valence-corrected chi connectivity index (χ0v) is 16.1. The molecule has 0 aliphatic carbocycles. The van der Waals surface area contributed by atoms with Crippen molar-refractivity contribution in [1.82, 2.24) is 15.4 Å². The quantitative estimate of drug-likeness (QED) is 0.344. The van der Waals surface area contributed by atoms with Gasteiger partial charge in [0.15, 0.2) is 11.6 Å². The number of amides is 1. The van der Waals surface area contributed by atoms with Gasteiger partial charge in [-0.05, 0) is 65.9 Å². The minimum absolute atomic E-state index is 0.282. The first-order valence-electron chi connectivity index (χ1n) is 7.79. The molecule has 0 atom stereocenters. The lowest BCUT2D eigenvalue weighted by molar-refractivity contribution is 0.0962. The molecule has 0 bridgehead atoms. The molecule has 0 spiro atoms. The molecule has 0 saturated carbocycles. The Morgan fingerprint density at radius 2 is 1.65 bits per heavy atom. The Labute approximate surface area is 164 Å². The lowest BCUT2D eigenvalue weighted by Crippen LogP contribution is -2.30. The van der Waals surface area contributed by atoms with Gasteiger partial charge < -0.3 is 11.1 Å². The standard InChI is InChI=1S/C18H17IN6O/c1-11-2-4-12(5-3-11)18(26)25-24-17-15(20)16(21-10-22-17)23-14-8-6-13(19)7-9-14/h2-10H,20H2,1H3,(H,25,26)(H2,21,22,23,24). The van der Waals surface area contributed by atoms with Crippen molar-refractivity contribution in [2.24, 2.45) is 0 Å². The number of benzene rings is 2. The van der Waals surface area contributed by atoms with Crippen LogP contribution in [0.25, 0.3) is 0 Å². The third kappa shape index (κ3) is 4.39. The lowest BCUT2D eigenvalue weighted by atomic mass is 10.1. The molecule has 0 aliphatic heterocycles. The number of nitrogens with two attached hydrogens (primary N) is 1. The number of carbonyl (C=O) groups excluding carboxylic acids is 1. The SMILES string of the molecule is Cc1ccc(C(=O)NNc2ncnc(Nc3ccc(I)cc3)c2N)cc1. The maximum Gasteiger partial charge on any atom is 0.269 e. The lowest BCUT2D eigenvalue weighted by Gasteiger charge is -2.13. The van der Waals surface area contributed by atoms with Crippen molar-refractivity contribution >= 4 is 51.5 Å². The van der Waals surface area contributed by atoms with Gasteiger partial charge in [0.05, 0.1) is 0 Å². The predicted octanol–water partition coefficient (Wildman–Crippen LogP) is 3.47. The van der Waals surface area contributed by atoms with E-state index in [1.807, 2.05) is 43.3 Å². The van der Waals surface area contributed by atoms with E-state index < -0.39 is 0 Å². The van der Waals surface area contributed by atoms with Gasteiger partial charge in [-0.25, -0.2) is 9.97 Å². The van der Waals surface area contributed by atoms with E-state index in [0.29, 0.717) is 22.9 Å². The molecule has 3 rings (SSSR count). The van der Waals surface area contributed by atoms with Crippen LogP contribution in [0.15, 0.2) is 54.9 Å². The van der Waals surface area contributed by atoms with Crippen molar-refractivity contribution in [2.45, 2.75) is 6.92 Å². The van der Waals surface area contributed by atoms with Crippen LogP contribution in [-0.4, -0.2) is 15.9 Å². The number of aryl methyl sites for hydroxylation is 1. The molecule has 0 fully saturated rings. The molecule has 7 nitrogen and oxygen atoms in total. The summed E-state index contributed by atoms with van der Waals surface area (Å²) < 4.78 is 1.13. The number of carbonyl (C=O) groups is 1. The van der Waals surface area contributed by atoms with Gasteiger partial charge in [-0.3, -0.25) is 15.6 Å². The molecule has 1 heterocycles. The highest BCUT2D eigenvalue weighted by atomic mass is 127. The van der Waals surface area contributed by atoms with Crippen LogP contribution in [0.2, 0.25) is 0 Å². The highest BCUT2D eigenvalue weighted by molar-refractivity contribution is 14.1. The van der Waals surface area contributed by atoms with Gasteiger partial charge in [-0.1, -0.05) is 17.7 Å². The fourth-order valence-electron chi connectivity index (χ4n) is 2.16. The Balaban J connectivity index is 1.69. The van der Waals surface area contributed by atoms with Gasteiger partial charge in [-0.15, -0.1) is 0 Å². The zero-order valence-electron chi connectivity index (χ0n) is 14.0. The second-order valence-corrected chi connectivity index (χ2v) is 6.81. The van der Waals surface area contributed by atoms with Crippen molar-refractivity contribution in [1.29, 1.82) is 0 Å². The van der Waals surface area contributed by atoms with Gasteiger partial charge in [0.2, 0.25) is 0 Å². The van der Waals surface area contributed by atoms with E-state index in [1.54, 1.807) is 12.1 Å². The van der Waals surface area contributed by atoms with E-state index >= 15 is 0 Å². The number of hydrogen-bond acceptors (Lipinski definition) is 6. The smallest absolute Gasteiger partial charge is 0.269 e. The summed E-state index contributed by atoms with van der Waals surface area (Å²) in [5, 5.41) is 3.13. The van der Waals surface area contributed by atoms with E-state index in [-0.39, 0.29) is 5.91 Å².